The minimum atomic E-state index is -0.427. The fourth-order valence-corrected chi connectivity index (χ4v) is 2.76. The molecule has 6 heteroatoms. The van der Waals surface area contributed by atoms with Crippen LogP contribution in [0.5, 0.6) is 0 Å². The first kappa shape index (κ1) is 16.3. The van der Waals surface area contributed by atoms with Crippen LogP contribution < -0.4 is 5.32 Å². The second kappa shape index (κ2) is 7.25. The second-order valence-corrected chi connectivity index (χ2v) is 5.58. The second-order valence-electron chi connectivity index (χ2n) is 4.77. The zero-order valence-corrected chi connectivity index (χ0v) is 13.5. The first-order valence-electron chi connectivity index (χ1n) is 6.98. The van der Waals surface area contributed by atoms with E-state index in [0.29, 0.717) is 5.02 Å². The Hall–Kier alpha value is -1.10. The molecule has 0 aliphatic carbocycles. The lowest BCUT2D eigenvalue weighted by Gasteiger charge is -2.21. The Bertz CT molecular complexity index is 613. The number of halogens is 3. The van der Waals surface area contributed by atoms with Gasteiger partial charge in [-0.25, -0.2) is 4.39 Å². The lowest BCUT2D eigenvalue weighted by molar-refractivity contribution is 0.520. The number of nitrogens with one attached hydrogen (secondary N) is 1. The molecule has 0 spiro atoms. The molecule has 0 saturated heterocycles. The van der Waals surface area contributed by atoms with Crippen molar-refractivity contribution in [3.8, 4) is 0 Å². The van der Waals surface area contributed by atoms with Gasteiger partial charge < -0.3 is 5.32 Å². The van der Waals surface area contributed by atoms with Crippen LogP contribution in [-0.2, 0) is 6.54 Å². The maximum Gasteiger partial charge on any atom is 0.141 e. The van der Waals surface area contributed by atoms with Crippen molar-refractivity contribution in [3.05, 3.63) is 51.5 Å². The van der Waals surface area contributed by atoms with Crippen molar-refractivity contribution in [1.29, 1.82) is 0 Å². The summed E-state index contributed by atoms with van der Waals surface area (Å²) in [7, 11) is 0. The van der Waals surface area contributed by atoms with Crippen LogP contribution in [0.4, 0.5) is 4.39 Å². The lowest BCUT2D eigenvalue weighted by Crippen LogP contribution is -2.25. The molecule has 1 atom stereocenters. The zero-order valence-electron chi connectivity index (χ0n) is 12.0. The molecule has 0 fully saturated rings. The minimum Gasteiger partial charge on any atom is -0.305 e. The van der Waals surface area contributed by atoms with Crippen LogP contribution in [0.15, 0.2) is 24.4 Å². The molecule has 1 unspecified atom stereocenters. The summed E-state index contributed by atoms with van der Waals surface area (Å²) in [6.07, 6.45) is 2.59. The molecule has 0 radical (unpaired) electrons. The number of benzene rings is 1. The Labute approximate surface area is 134 Å². The predicted octanol–water partition coefficient (Wildman–Crippen LogP) is 4.44. The van der Waals surface area contributed by atoms with Gasteiger partial charge in [-0.05, 0) is 30.7 Å². The molecule has 0 bridgehead atoms. The number of aryl methyl sites for hydroxylation is 1. The maximum absolute atomic E-state index is 13.4. The van der Waals surface area contributed by atoms with Crippen molar-refractivity contribution in [1.82, 2.24) is 15.1 Å². The highest BCUT2D eigenvalue weighted by molar-refractivity contribution is 6.31. The summed E-state index contributed by atoms with van der Waals surface area (Å²) in [5, 5.41) is 8.37. The monoisotopic (exact) mass is 329 g/mol. The lowest BCUT2D eigenvalue weighted by atomic mass is 10.0. The average Bonchev–Trinajstić information content (AvgIpc) is 2.81. The van der Waals surface area contributed by atoms with Gasteiger partial charge in [-0.1, -0.05) is 43.1 Å². The molecule has 3 nitrogen and oxygen atoms in total. The first-order chi connectivity index (χ1) is 10.1. The van der Waals surface area contributed by atoms with Crippen molar-refractivity contribution in [3.63, 3.8) is 0 Å². The SMILES string of the molecule is CCCn1ncc(Cl)c1C(NCC)c1ccc(F)c(Cl)c1. The molecule has 21 heavy (non-hydrogen) atoms. The van der Waals surface area contributed by atoms with Gasteiger partial charge in [0.25, 0.3) is 0 Å². The summed E-state index contributed by atoms with van der Waals surface area (Å²) in [6.45, 7) is 5.61. The number of aromatic nitrogens is 2. The number of hydrogen-bond acceptors (Lipinski definition) is 2. The zero-order chi connectivity index (χ0) is 15.4. The quantitative estimate of drug-likeness (QED) is 0.849. The smallest absolute Gasteiger partial charge is 0.141 e. The van der Waals surface area contributed by atoms with Gasteiger partial charge in [0.05, 0.1) is 28.0 Å². The van der Waals surface area contributed by atoms with E-state index < -0.39 is 5.82 Å². The summed E-state index contributed by atoms with van der Waals surface area (Å²) >= 11 is 12.2. The Kier molecular flexibility index (Phi) is 5.62. The Morgan fingerprint density at radius 2 is 2.05 bits per heavy atom. The Morgan fingerprint density at radius 3 is 2.67 bits per heavy atom. The maximum atomic E-state index is 13.4. The third-order valence-corrected chi connectivity index (χ3v) is 3.81. The van der Waals surface area contributed by atoms with E-state index in [2.05, 4.69) is 17.3 Å². The molecular formula is C15H18Cl2FN3. The first-order valence-corrected chi connectivity index (χ1v) is 7.73. The fraction of sp³-hybridized carbons (Fsp3) is 0.400. The van der Waals surface area contributed by atoms with Crippen molar-refractivity contribution in [2.45, 2.75) is 32.9 Å². The van der Waals surface area contributed by atoms with Crippen molar-refractivity contribution in [2.75, 3.05) is 6.54 Å². The van der Waals surface area contributed by atoms with E-state index in [1.807, 2.05) is 11.6 Å². The summed E-state index contributed by atoms with van der Waals surface area (Å²) in [6, 6.07) is 4.55. The summed E-state index contributed by atoms with van der Waals surface area (Å²) in [5.41, 5.74) is 1.74. The average molecular weight is 330 g/mol. The third-order valence-electron chi connectivity index (χ3n) is 3.23. The van der Waals surface area contributed by atoms with E-state index in [1.54, 1.807) is 18.3 Å². The van der Waals surface area contributed by atoms with Gasteiger partial charge in [-0.2, -0.15) is 5.10 Å². The Morgan fingerprint density at radius 1 is 1.29 bits per heavy atom. The van der Waals surface area contributed by atoms with Crippen molar-refractivity contribution >= 4 is 23.2 Å². The van der Waals surface area contributed by atoms with E-state index in [9.17, 15) is 4.39 Å². The highest BCUT2D eigenvalue weighted by Gasteiger charge is 2.22. The van der Waals surface area contributed by atoms with Gasteiger partial charge in [0.15, 0.2) is 0 Å². The molecule has 1 heterocycles. The fourth-order valence-electron chi connectivity index (χ4n) is 2.32. The Balaban J connectivity index is 2.47. The van der Waals surface area contributed by atoms with Crippen LogP contribution in [0, 0.1) is 5.82 Å². The molecule has 0 saturated carbocycles. The molecule has 1 aromatic carbocycles. The van der Waals surface area contributed by atoms with Crippen molar-refractivity contribution in [2.24, 2.45) is 0 Å². The van der Waals surface area contributed by atoms with Crippen molar-refractivity contribution < 1.29 is 4.39 Å². The van der Waals surface area contributed by atoms with Gasteiger partial charge >= 0.3 is 0 Å². The largest absolute Gasteiger partial charge is 0.305 e. The number of rotatable bonds is 6. The van der Waals surface area contributed by atoms with Crippen LogP contribution in [0.2, 0.25) is 10.0 Å². The minimum absolute atomic E-state index is 0.105. The van der Waals surface area contributed by atoms with Crippen LogP contribution in [0.3, 0.4) is 0 Å². The summed E-state index contributed by atoms with van der Waals surface area (Å²) in [4.78, 5) is 0. The molecule has 0 amide bonds. The van der Waals surface area contributed by atoms with Gasteiger partial charge in [0.2, 0.25) is 0 Å². The number of hydrogen-bond donors (Lipinski definition) is 1. The summed E-state index contributed by atoms with van der Waals surface area (Å²) < 4.78 is 15.3. The van der Waals surface area contributed by atoms with Gasteiger partial charge in [-0.15, -0.1) is 0 Å². The highest BCUT2D eigenvalue weighted by Crippen LogP contribution is 2.30. The standard InChI is InChI=1S/C15H18Cl2FN3/c1-3-7-21-15(12(17)9-20-21)14(19-4-2)10-5-6-13(18)11(16)8-10/h5-6,8-9,14,19H,3-4,7H2,1-2H3. The molecule has 0 aliphatic heterocycles. The van der Waals surface area contributed by atoms with Gasteiger partial charge in [0.1, 0.15) is 5.82 Å². The van der Waals surface area contributed by atoms with E-state index in [4.69, 9.17) is 23.2 Å². The van der Waals surface area contributed by atoms with Crippen LogP contribution in [0.25, 0.3) is 0 Å². The van der Waals surface area contributed by atoms with Crippen LogP contribution >= 0.6 is 23.2 Å². The van der Waals surface area contributed by atoms with Crippen LogP contribution in [-0.4, -0.2) is 16.3 Å². The molecule has 0 aliphatic rings. The third kappa shape index (κ3) is 3.57. The summed E-state index contributed by atoms with van der Waals surface area (Å²) in [5.74, 6) is -0.427. The van der Waals surface area contributed by atoms with E-state index in [-0.39, 0.29) is 11.1 Å². The normalized spacial score (nSPS) is 12.6. The molecule has 2 aromatic rings. The number of nitrogens with zero attached hydrogens (tertiary/aromatic N) is 2. The molecule has 1 N–H and O–H groups in total. The van der Waals surface area contributed by atoms with E-state index in [0.717, 1.165) is 30.8 Å². The van der Waals surface area contributed by atoms with Gasteiger partial charge in [0, 0.05) is 6.54 Å². The molecule has 1 aromatic heterocycles. The van der Waals surface area contributed by atoms with E-state index in [1.165, 1.54) is 6.07 Å². The highest BCUT2D eigenvalue weighted by atomic mass is 35.5. The molecule has 114 valence electrons. The van der Waals surface area contributed by atoms with Crippen LogP contribution in [0.1, 0.15) is 37.6 Å². The molecular weight excluding hydrogens is 312 g/mol. The topological polar surface area (TPSA) is 29.9 Å². The van der Waals surface area contributed by atoms with Gasteiger partial charge in [-0.3, -0.25) is 4.68 Å². The predicted molar refractivity (Wildman–Crippen MR) is 84.5 cm³/mol. The van der Waals surface area contributed by atoms with E-state index >= 15 is 0 Å². The molecule has 2 rings (SSSR count).